The molecule has 1 aliphatic rings. The molecule has 0 aromatic carbocycles. The minimum atomic E-state index is 0.251. The molecule has 3 heteroatoms. The van der Waals surface area contributed by atoms with Gasteiger partial charge in [-0.15, -0.1) is 0 Å². The Morgan fingerprint density at radius 3 is 2.60 bits per heavy atom. The molecule has 1 aliphatic carbocycles. The molecule has 0 spiro atoms. The molecule has 0 aliphatic heterocycles. The van der Waals surface area contributed by atoms with Crippen LogP contribution in [0.2, 0.25) is 0 Å². The largest absolute Gasteiger partial charge is 0.379 e. The van der Waals surface area contributed by atoms with Gasteiger partial charge in [0.05, 0.1) is 19.3 Å². The Morgan fingerprint density at radius 1 is 1.20 bits per heavy atom. The maximum absolute atomic E-state index is 5.89. The van der Waals surface area contributed by atoms with Gasteiger partial charge in [0.1, 0.15) is 0 Å². The summed E-state index contributed by atoms with van der Waals surface area (Å²) in [6.45, 7) is 6.65. The zero-order chi connectivity index (χ0) is 11.1. The van der Waals surface area contributed by atoms with Crippen LogP contribution < -0.4 is 5.73 Å². The van der Waals surface area contributed by atoms with Crippen LogP contribution in [0.25, 0.3) is 0 Å². The van der Waals surface area contributed by atoms with Gasteiger partial charge < -0.3 is 15.2 Å². The first kappa shape index (κ1) is 12.9. The fraction of sp³-hybridized carbons (Fsp3) is 1.00. The van der Waals surface area contributed by atoms with Gasteiger partial charge in [0.25, 0.3) is 0 Å². The van der Waals surface area contributed by atoms with E-state index in [1.165, 1.54) is 6.42 Å². The van der Waals surface area contributed by atoms with E-state index in [2.05, 4.69) is 13.8 Å². The van der Waals surface area contributed by atoms with E-state index < -0.39 is 0 Å². The van der Waals surface area contributed by atoms with Crippen molar-refractivity contribution >= 4 is 0 Å². The summed E-state index contributed by atoms with van der Waals surface area (Å²) in [5, 5.41) is 0. The molecule has 0 bridgehead atoms. The van der Waals surface area contributed by atoms with Gasteiger partial charge in [-0.05, 0) is 31.6 Å². The Balaban J connectivity index is 1.88. The predicted octanol–water partition coefficient (Wildman–Crippen LogP) is 1.95. The smallest absolute Gasteiger partial charge is 0.0727 e. The van der Waals surface area contributed by atoms with Gasteiger partial charge in [0, 0.05) is 12.6 Å². The van der Waals surface area contributed by atoms with Crippen LogP contribution in [0, 0.1) is 5.92 Å². The van der Waals surface area contributed by atoms with Crippen molar-refractivity contribution in [1.29, 1.82) is 0 Å². The Labute approximate surface area is 93.3 Å². The van der Waals surface area contributed by atoms with Gasteiger partial charge in [-0.3, -0.25) is 0 Å². The Kier molecular flexibility index (Phi) is 6.22. The third kappa shape index (κ3) is 5.50. The fourth-order valence-electron chi connectivity index (χ4n) is 1.84. The lowest BCUT2D eigenvalue weighted by molar-refractivity contribution is 0.000149. The zero-order valence-corrected chi connectivity index (χ0v) is 10.1. The average Bonchev–Trinajstić information content (AvgIpc) is 2.57. The molecule has 0 radical (unpaired) electrons. The van der Waals surface area contributed by atoms with Gasteiger partial charge in [-0.25, -0.2) is 0 Å². The van der Waals surface area contributed by atoms with Crippen molar-refractivity contribution in [3.8, 4) is 0 Å². The molecular weight excluding hydrogens is 190 g/mol. The highest BCUT2D eigenvalue weighted by Gasteiger charge is 2.23. The highest BCUT2D eigenvalue weighted by Crippen LogP contribution is 2.19. The van der Waals surface area contributed by atoms with Crippen molar-refractivity contribution in [3.63, 3.8) is 0 Å². The number of nitrogens with two attached hydrogens (primary N) is 1. The van der Waals surface area contributed by atoms with Gasteiger partial charge in [-0.2, -0.15) is 0 Å². The molecule has 0 saturated heterocycles. The summed E-state index contributed by atoms with van der Waals surface area (Å²) in [6.07, 6.45) is 4.84. The Morgan fingerprint density at radius 2 is 2.00 bits per heavy atom. The maximum atomic E-state index is 5.89. The monoisotopic (exact) mass is 215 g/mol. The lowest BCUT2D eigenvalue weighted by atomic mass is 10.1. The zero-order valence-electron chi connectivity index (χ0n) is 10.1. The van der Waals surface area contributed by atoms with Crippen LogP contribution in [0.4, 0.5) is 0 Å². The molecule has 0 aromatic rings. The van der Waals surface area contributed by atoms with Crippen molar-refractivity contribution in [2.45, 2.75) is 51.7 Å². The van der Waals surface area contributed by atoms with E-state index >= 15 is 0 Å². The molecule has 1 saturated carbocycles. The number of rotatable bonds is 7. The van der Waals surface area contributed by atoms with Gasteiger partial charge >= 0.3 is 0 Å². The molecule has 2 N–H and O–H groups in total. The topological polar surface area (TPSA) is 44.5 Å². The van der Waals surface area contributed by atoms with Crippen molar-refractivity contribution in [1.82, 2.24) is 0 Å². The van der Waals surface area contributed by atoms with E-state index in [0.717, 1.165) is 25.9 Å². The van der Waals surface area contributed by atoms with Crippen LogP contribution in [0.5, 0.6) is 0 Å². The van der Waals surface area contributed by atoms with E-state index in [4.69, 9.17) is 15.2 Å². The van der Waals surface area contributed by atoms with Crippen LogP contribution in [0.15, 0.2) is 0 Å². The van der Waals surface area contributed by atoms with Crippen molar-refractivity contribution < 1.29 is 9.47 Å². The lowest BCUT2D eigenvalue weighted by Crippen LogP contribution is -2.32. The molecule has 2 atom stereocenters. The molecule has 1 fully saturated rings. The summed E-state index contributed by atoms with van der Waals surface area (Å²) < 4.78 is 11.1. The number of hydrogen-bond acceptors (Lipinski definition) is 3. The second-order valence-corrected chi connectivity index (χ2v) is 4.80. The van der Waals surface area contributed by atoms with Crippen LogP contribution in [0.3, 0.4) is 0 Å². The second kappa shape index (κ2) is 7.20. The standard InChI is InChI=1S/C12H25NO2/c1-10(2)6-7-14-8-9-15-12-5-3-4-11(12)13/h10-12H,3-9,13H2,1-2H3. The quantitative estimate of drug-likeness (QED) is 0.660. The van der Waals surface area contributed by atoms with Crippen molar-refractivity contribution in [3.05, 3.63) is 0 Å². The normalized spacial score (nSPS) is 26.4. The summed E-state index contributed by atoms with van der Waals surface area (Å²) in [4.78, 5) is 0. The lowest BCUT2D eigenvalue weighted by Gasteiger charge is -2.16. The summed E-state index contributed by atoms with van der Waals surface area (Å²) in [5.41, 5.74) is 5.89. The first-order valence-corrected chi connectivity index (χ1v) is 6.15. The highest BCUT2D eigenvalue weighted by molar-refractivity contribution is 4.80. The molecule has 2 unspecified atom stereocenters. The average molecular weight is 215 g/mol. The van der Waals surface area contributed by atoms with Crippen LogP contribution in [-0.2, 0) is 9.47 Å². The van der Waals surface area contributed by atoms with Gasteiger partial charge in [0.15, 0.2) is 0 Å². The van der Waals surface area contributed by atoms with E-state index in [9.17, 15) is 0 Å². The molecule has 15 heavy (non-hydrogen) atoms. The predicted molar refractivity (Wildman–Crippen MR) is 61.8 cm³/mol. The van der Waals surface area contributed by atoms with E-state index in [-0.39, 0.29) is 12.1 Å². The minimum absolute atomic E-state index is 0.251. The fourth-order valence-corrected chi connectivity index (χ4v) is 1.84. The molecule has 0 amide bonds. The summed E-state index contributed by atoms with van der Waals surface area (Å²) in [7, 11) is 0. The van der Waals surface area contributed by atoms with E-state index in [0.29, 0.717) is 19.1 Å². The molecule has 90 valence electrons. The van der Waals surface area contributed by atoms with Crippen LogP contribution >= 0.6 is 0 Å². The van der Waals surface area contributed by atoms with Crippen molar-refractivity contribution in [2.24, 2.45) is 11.7 Å². The Bertz CT molecular complexity index is 162. The molecule has 0 aromatic heterocycles. The number of ether oxygens (including phenoxy) is 2. The van der Waals surface area contributed by atoms with Crippen LogP contribution in [0.1, 0.15) is 39.5 Å². The van der Waals surface area contributed by atoms with Crippen LogP contribution in [-0.4, -0.2) is 32.0 Å². The van der Waals surface area contributed by atoms with Gasteiger partial charge in [0.2, 0.25) is 0 Å². The molecular formula is C12H25NO2. The molecule has 1 rings (SSSR count). The summed E-state index contributed by atoms with van der Waals surface area (Å²) >= 11 is 0. The SMILES string of the molecule is CC(C)CCOCCOC1CCCC1N. The third-order valence-electron chi connectivity index (χ3n) is 2.90. The van der Waals surface area contributed by atoms with E-state index in [1.807, 2.05) is 0 Å². The molecule has 3 nitrogen and oxygen atoms in total. The second-order valence-electron chi connectivity index (χ2n) is 4.80. The molecule has 0 heterocycles. The minimum Gasteiger partial charge on any atom is -0.379 e. The first-order valence-electron chi connectivity index (χ1n) is 6.15. The Hall–Kier alpha value is -0.120. The first-order chi connectivity index (χ1) is 7.20. The maximum Gasteiger partial charge on any atom is 0.0727 e. The highest BCUT2D eigenvalue weighted by atomic mass is 16.5. The van der Waals surface area contributed by atoms with Gasteiger partial charge in [-0.1, -0.05) is 13.8 Å². The summed E-state index contributed by atoms with van der Waals surface area (Å²) in [5.74, 6) is 0.717. The van der Waals surface area contributed by atoms with E-state index in [1.54, 1.807) is 0 Å². The summed E-state index contributed by atoms with van der Waals surface area (Å²) in [6, 6.07) is 0.251. The third-order valence-corrected chi connectivity index (χ3v) is 2.90. The van der Waals surface area contributed by atoms with Crippen molar-refractivity contribution in [2.75, 3.05) is 19.8 Å². The number of hydrogen-bond donors (Lipinski definition) is 1.